The lowest BCUT2D eigenvalue weighted by atomic mass is 9.97. The molecule has 2 rings (SSSR count). The monoisotopic (exact) mass is 344 g/mol. The molecule has 0 aromatic heterocycles. The van der Waals surface area contributed by atoms with E-state index < -0.39 is 10.1 Å². The van der Waals surface area contributed by atoms with Gasteiger partial charge in [0.15, 0.2) is 0 Å². The van der Waals surface area contributed by atoms with Gasteiger partial charge in [0.2, 0.25) is 0 Å². The molecular formula is C15H20O5S2. The van der Waals surface area contributed by atoms with Crippen molar-refractivity contribution in [2.75, 3.05) is 13.4 Å². The summed E-state index contributed by atoms with van der Waals surface area (Å²) < 4.78 is 32.2. The van der Waals surface area contributed by atoms with E-state index in [2.05, 4.69) is 4.74 Å². The number of ether oxygens (including phenoxy) is 1. The van der Waals surface area contributed by atoms with Gasteiger partial charge in [0.05, 0.1) is 25.0 Å². The molecule has 0 spiro atoms. The minimum atomic E-state index is -3.40. The number of thioether (sulfide) groups is 1. The summed E-state index contributed by atoms with van der Waals surface area (Å²) in [6.07, 6.45) is 4.36. The Morgan fingerprint density at radius 2 is 1.91 bits per heavy atom. The highest BCUT2D eigenvalue weighted by molar-refractivity contribution is 8.00. The van der Waals surface area contributed by atoms with Crippen molar-refractivity contribution in [3.8, 4) is 0 Å². The van der Waals surface area contributed by atoms with Crippen LogP contribution < -0.4 is 0 Å². The van der Waals surface area contributed by atoms with Crippen LogP contribution in [0.15, 0.2) is 29.2 Å². The maximum atomic E-state index is 11.4. The molecule has 122 valence electrons. The van der Waals surface area contributed by atoms with Gasteiger partial charge in [-0.2, -0.15) is 8.42 Å². The molecule has 1 aliphatic carbocycles. The molecule has 1 saturated carbocycles. The van der Waals surface area contributed by atoms with E-state index in [1.54, 1.807) is 23.9 Å². The summed E-state index contributed by atoms with van der Waals surface area (Å²) >= 11 is 1.70. The highest BCUT2D eigenvalue weighted by Crippen LogP contribution is 2.35. The van der Waals surface area contributed by atoms with Crippen LogP contribution in [-0.2, 0) is 19.0 Å². The number of benzene rings is 1. The fraction of sp³-hybridized carbons (Fsp3) is 0.533. The fourth-order valence-corrected chi connectivity index (χ4v) is 4.47. The summed E-state index contributed by atoms with van der Waals surface area (Å²) in [5.74, 6) is -0.351. The van der Waals surface area contributed by atoms with Gasteiger partial charge in [-0.3, -0.25) is 4.18 Å². The van der Waals surface area contributed by atoms with Crippen molar-refractivity contribution in [3.63, 3.8) is 0 Å². The lowest BCUT2D eigenvalue weighted by Crippen LogP contribution is -2.26. The Bertz CT molecular complexity index is 609. The second-order valence-corrected chi connectivity index (χ2v) is 8.32. The number of hydrogen-bond donors (Lipinski definition) is 0. The van der Waals surface area contributed by atoms with E-state index in [9.17, 15) is 13.2 Å². The maximum Gasteiger partial charge on any atom is 0.337 e. The lowest BCUT2D eigenvalue weighted by molar-refractivity contribution is 0.0600. The quantitative estimate of drug-likeness (QED) is 0.604. The van der Waals surface area contributed by atoms with E-state index in [0.717, 1.165) is 36.8 Å². The largest absolute Gasteiger partial charge is 0.465 e. The van der Waals surface area contributed by atoms with Crippen LogP contribution in [0.4, 0.5) is 0 Å². The molecule has 0 saturated heterocycles. The van der Waals surface area contributed by atoms with Gasteiger partial charge < -0.3 is 4.74 Å². The van der Waals surface area contributed by atoms with E-state index in [0.29, 0.717) is 10.8 Å². The second kappa shape index (κ2) is 7.48. The Labute approximate surface area is 135 Å². The first kappa shape index (κ1) is 17.3. The van der Waals surface area contributed by atoms with Crippen LogP contribution in [0.3, 0.4) is 0 Å². The van der Waals surface area contributed by atoms with Crippen molar-refractivity contribution in [1.82, 2.24) is 0 Å². The molecule has 0 bridgehead atoms. The first-order valence-electron chi connectivity index (χ1n) is 7.10. The zero-order valence-electron chi connectivity index (χ0n) is 12.7. The van der Waals surface area contributed by atoms with Crippen LogP contribution in [0.5, 0.6) is 0 Å². The smallest absolute Gasteiger partial charge is 0.337 e. The molecule has 0 N–H and O–H groups in total. The average Bonchev–Trinajstić information content (AvgIpc) is 2.46. The summed E-state index contributed by atoms with van der Waals surface area (Å²) in [4.78, 5) is 12.4. The molecule has 0 amide bonds. The Balaban J connectivity index is 1.94. The van der Waals surface area contributed by atoms with Gasteiger partial charge in [0.1, 0.15) is 0 Å². The summed E-state index contributed by atoms with van der Waals surface area (Å²) in [5.41, 5.74) is 0.522. The minimum Gasteiger partial charge on any atom is -0.465 e. The SMILES string of the molecule is COC(=O)c1ccc(S[C@@H]2CCC[C@@H](OS(C)(=O)=O)C2)cc1. The number of methoxy groups -OCH3 is 1. The molecule has 1 fully saturated rings. The Kier molecular flexibility index (Phi) is 5.88. The van der Waals surface area contributed by atoms with Crippen molar-refractivity contribution in [2.45, 2.75) is 41.9 Å². The predicted molar refractivity (Wildman–Crippen MR) is 85.6 cm³/mol. The van der Waals surface area contributed by atoms with Crippen LogP contribution in [0.25, 0.3) is 0 Å². The Hall–Kier alpha value is -1.05. The van der Waals surface area contributed by atoms with Gasteiger partial charge in [0, 0.05) is 10.1 Å². The van der Waals surface area contributed by atoms with Crippen molar-refractivity contribution in [3.05, 3.63) is 29.8 Å². The lowest BCUT2D eigenvalue weighted by Gasteiger charge is -2.27. The highest BCUT2D eigenvalue weighted by Gasteiger charge is 2.26. The molecule has 0 heterocycles. The van der Waals surface area contributed by atoms with Crippen LogP contribution in [-0.4, -0.2) is 39.1 Å². The van der Waals surface area contributed by atoms with Crippen LogP contribution >= 0.6 is 11.8 Å². The third kappa shape index (κ3) is 5.30. The maximum absolute atomic E-state index is 11.4. The van der Waals surface area contributed by atoms with Crippen molar-refractivity contribution >= 4 is 27.8 Å². The average molecular weight is 344 g/mol. The summed E-state index contributed by atoms with van der Waals surface area (Å²) in [6.45, 7) is 0. The molecule has 0 unspecified atom stereocenters. The highest BCUT2D eigenvalue weighted by atomic mass is 32.2. The van der Waals surface area contributed by atoms with Crippen molar-refractivity contribution < 1.29 is 22.1 Å². The molecule has 0 radical (unpaired) electrons. The topological polar surface area (TPSA) is 69.7 Å². The predicted octanol–water partition coefficient (Wildman–Crippen LogP) is 2.85. The minimum absolute atomic E-state index is 0.226. The van der Waals surface area contributed by atoms with Crippen LogP contribution in [0, 0.1) is 0 Å². The molecule has 5 nitrogen and oxygen atoms in total. The molecule has 1 aromatic rings. The Morgan fingerprint density at radius 1 is 1.23 bits per heavy atom. The van der Waals surface area contributed by atoms with E-state index in [-0.39, 0.29) is 12.1 Å². The fourth-order valence-electron chi connectivity index (χ4n) is 2.52. The molecule has 1 aromatic carbocycles. The number of carbonyl (C=O) groups excluding carboxylic acids is 1. The first-order chi connectivity index (χ1) is 10.4. The van der Waals surface area contributed by atoms with Gasteiger partial charge in [-0.25, -0.2) is 4.79 Å². The molecular weight excluding hydrogens is 324 g/mol. The van der Waals surface area contributed by atoms with E-state index in [1.807, 2.05) is 12.1 Å². The van der Waals surface area contributed by atoms with Crippen molar-refractivity contribution in [1.29, 1.82) is 0 Å². The zero-order valence-corrected chi connectivity index (χ0v) is 14.3. The molecule has 22 heavy (non-hydrogen) atoms. The second-order valence-electron chi connectivity index (χ2n) is 5.34. The van der Waals surface area contributed by atoms with Gasteiger partial charge in [-0.05, 0) is 49.9 Å². The van der Waals surface area contributed by atoms with Crippen LogP contribution in [0.1, 0.15) is 36.0 Å². The summed E-state index contributed by atoms with van der Waals surface area (Å²) in [7, 11) is -2.04. The van der Waals surface area contributed by atoms with Gasteiger partial charge in [0.25, 0.3) is 10.1 Å². The number of hydrogen-bond acceptors (Lipinski definition) is 6. The number of carbonyl (C=O) groups is 1. The molecule has 0 aliphatic heterocycles. The number of esters is 1. The zero-order chi connectivity index (χ0) is 16.2. The van der Waals surface area contributed by atoms with Crippen LogP contribution in [0.2, 0.25) is 0 Å². The molecule has 7 heteroatoms. The van der Waals surface area contributed by atoms with Gasteiger partial charge in [-0.15, -0.1) is 11.8 Å². The third-order valence-corrected chi connectivity index (χ3v) is 5.39. The molecule has 1 aliphatic rings. The third-order valence-electron chi connectivity index (χ3n) is 3.47. The normalized spacial score (nSPS) is 22.3. The van der Waals surface area contributed by atoms with Gasteiger partial charge in [-0.1, -0.05) is 0 Å². The number of rotatable bonds is 5. The standard InChI is InChI=1S/C15H20O5S2/c1-19-15(16)11-6-8-13(9-7-11)21-14-5-3-4-12(10-14)20-22(2,17)18/h6-9,12,14H,3-5,10H2,1-2H3/t12-,14-/m1/s1. The van der Waals surface area contributed by atoms with E-state index in [1.165, 1.54) is 7.11 Å². The van der Waals surface area contributed by atoms with E-state index in [4.69, 9.17) is 4.18 Å². The first-order valence-corrected chi connectivity index (χ1v) is 9.80. The van der Waals surface area contributed by atoms with Crippen molar-refractivity contribution in [2.24, 2.45) is 0 Å². The molecule has 2 atom stereocenters. The Morgan fingerprint density at radius 3 is 2.50 bits per heavy atom. The van der Waals surface area contributed by atoms with E-state index >= 15 is 0 Å². The summed E-state index contributed by atoms with van der Waals surface area (Å²) in [5, 5.41) is 0.324. The summed E-state index contributed by atoms with van der Waals surface area (Å²) in [6, 6.07) is 7.25. The van der Waals surface area contributed by atoms with Gasteiger partial charge >= 0.3 is 5.97 Å².